The number of alkyl halides is 3. The molecule has 4 nitrogen and oxygen atoms in total. The standard InChI is InChI=1S/C15H12F5NO3S/c16-12-6-5-11(7-13(12)17)25(23,24)21-8-14(22)9-1-3-10(4-2-9)15(18,19)20/h1-7,14,21-22H,8H2. The summed E-state index contributed by atoms with van der Waals surface area (Å²) >= 11 is 0. The third kappa shape index (κ3) is 4.74. The summed E-state index contributed by atoms with van der Waals surface area (Å²) in [6.45, 7) is -0.563. The highest BCUT2D eigenvalue weighted by Crippen LogP contribution is 2.29. The van der Waals surface area contributed by atoms with Crippen molar-refractivity contribution in [2.24, 2.45) is 0 Å². The number of halogens is 5. The van der Waals surface area contributed by atoms with Crippen molar-refractivity contribution in [3.8, 4) is 0 Å². The summed E-state index contributed by atoms with van der Waals surface area (Å²) in [5, 5.41) is 9.88. The minimum atomic E-state index is -4.53. The summed E-state index contributed by atoms with van der Waals surface area (Å²) in [5.41, 5.74) is -0.855. The van der Waals surface area contributed by atoms with Gasteiger partial charge in [0.15, 0.2) is 11.6 Å². The maximum absolute atomic E-state index is 13.1. The smallest absolute Gasteiger partial charge is 0.387 e. The summed E-state index contributed by atoms with van der Waals surface area (Å²) in [5.74, 6) is -2.57. The molecule has 25 heavy (non-hydrogen) atoms. The summed E-state index contributed by atoms with van der Waals surface area (Å²) in [6.07, 6.45) is -5.96. The van der Waals surface area contributed by atoms with Gasteiger partial charge in [0.05, 0.1) is 16.6 Å². The van der Waals surface area contributed by atoms with Gasteiger partial charge in [0.2, 0.25) is 10.0 Å². The van der Waals surface area contributed by atoms with Crippen LogP contribution >= 0.6 is 0 Å². The van der Waals surface area contributed by atoms with Crippen molar-refractivity contribution in [2.45, 2.75) is 17.2 Å². The normalized spacial score (nSPS) is 13.7. The first-order valence-corrected chi connectivity index (χ1v) is 8.29. The zero-order valence-corrected chi connectivity index (χ0v) is 13.2. The van der Waals surface area contributed by atoms with Crippen LogP contribution in [0.3, 0.4) is 0 Å². The highest BCUT2D eigenvalue weighted by molar-refractivity contribution is 7.89. The van der Waals surface area contributed by atoms with E-state index in [2.05, 4.69) is 0 Å². The lowest BCUT2D eigenvalue weighted by atomic mass is 10.1. The Balaban J connectivity index is 2.08. The van der Waals surface area contributed by atoms with Crippen molar-refractivity contribution in [3.05, 3.63) is 65.2 Å². The highest BCUT2D eigenvalue weighted by Gasteiger charge is 2.30. The SMILES string of the molecule is O=S(=O)(NCC(O)c1ccc(C(F)(F)F)cc1)c1ccc(F)c(F)c1. The van der Waals surface area contributed by atoms with Gasteiger partial charge in [-0.25, -0.2) is 21.9 Å². The minimum Gasteiger partial charge on any atom is -0.387 e. The molecule has 0 aliphatic rings. The molecule has 2 N–H and O–H groups in total. The molecular weight excluding hydrogens is 369 g/mol. The third-order valence-electron chi connectivity index (χ3n) is 3.29. The predicted molar refractivity (Wildman–Crippen MR) is 78.0 cm³/mol. The molecule has 0 saturated heterocycles. The van der Waals surface area contributed by atoms with E-state index in [1.54, 1.807) is 0 Å². The first-order chi connectivity index (χ1) is 11.5. The Morgan fingerprint density at radius 3 is 2.12 bits per heavy atom. The van der Waals surface area contributed by atoms with Crippen molar-refractivity contribution >= 4 is 10.0 Å². The molecule has 0 aliphatic carbocycles. The van der Waals surface area contributed by atoms with Crippen molar-refractivity contribution in [1.82, 2.24) is 4.72 Å². The Morgan fingerprint density at radius 1 is 1.00 bits per heavy atom. The molecule has 0 spiro atoms. The Morgan fingerprint density at radius 2 is 1.60 bits per heavy atom. The minimum absolute atomic E-state index is 0.0565. The highest BCUT2D eigenvalue weighted by atomic mass is 32.2. The van der Waals surface area contributed by atoms with Crippen molar-refractivity contribution < 1.29 is 35.5 Å². The monoisotopic (exact) mass is 381 g/mol. The van der Waals surface area contributed by atoms with Crippen LogP contribution in [0.15, 0.2) is 47.4 Å². The summed E-state index contributed by atoms with van der Waals surface area (Å²) in [4.78, 5) is -0.550. The molecule has 136 valence electrons. The maximum Gasteiger partial charge on any atom is 0.416 e. The number of hydrogen-bond acceptors (Lipinski definition) is 3. The van der Waals surface area contributed by atoms with Gasteiger partial charge in [-0.2, -0.15) is 13.2 Å². The molecule has 2 rings (SSSR count). The molecule has 1 unspecified atom stereocenters. The molecule has 0 bridgehead atoms. The largest absolute Gasteiger partial charge is 0.416 e. The Labute approximate surface area is 140 Å². The third-order valence-corrected chi connectivity index (χ3v) is 4.71. The molecule has 10 heteroatoms. The van der Waals surface area contributed by atoms with Crippen LogP contribution in [0.2, 0.25) is 0 Å². The van der Waals surface area contributed by atoms with Crippen molar-refractivity contribution in [1.29, 1.82) is 0 Å². The molecule has 0 heterocycles. The number of hydrogen-bond donors (Lipinski definition) is 2. The van der Waals surface area contributed by atoms with Gasteiger partial charge in [0, 0.05) is 6.54 Å². The average Bonchev–Trinajstić information content (AvgIpc) is 2.54. The fraction of sp³-hybridized carbons (Fsp3) is 0.200. The number of benzene rings is 2. The quantitative estimate of drug-likeness (QED) is 0.783. The van der Waals surface area contributed by atoms with E-state index in [0.717, 1.165) is 30.3 Å². The molecule has 0 saturated carbocycles. The molecule has 2 aromatic carbocycles. The van der Waals surface area contributed by atoms with Gasteiger partial charge in [-0.15, -0.1) is 0 Å². The number of sulfonamides is 1. The Kier molecular flexibility index (Phi) is 5.45. The van der Waals surface area contributed by atoms with E-state index in [0.29, 0.717) is 12.1 Å². The van der Waals surface area contributed by atoms with E-state index in [9.17, 15) is 35.5 Å². The van der Waals surface area contributed by atoms with Crippen LogP contribution in [0.25, 0.3) is 0 Å². The second-order valence-electron chi connectivity index (χ2n) is 5.06. The fourth-order valence-corrected chi connectivity index (χ4v) is 2.98. The summed E-state index contributed by atoms with van der Waals surface area (Å²) in [6, 6.07) is 5.48. The zero-order valence-electron chi connectivity index (χ0n) is 12.4. The Hall–Kier alpha value is -2.04. The van der Waals surface area contributed by atoms with Crippen molar-refractivity contribution in [2.75, 3.05) is 6.54 Å². The topological polar surface area (TPSA) is 66.4 Å². The van der Waals surface area contributed by atoms with E-state index in [4.69, 9.17) is 0 Å². The predicted octanol–water partition coefficient (Wildman–Crippen LogP) is 3.00. The maximum atomic E-state index is 13.1. The van der Waals surface area contributed by atoms with Crippen LogP contribution in [-0.4, -0.2) is 20.1 Å². The van der Waals surface area contributed by atoms with Gasteiger partial charge in [-0.05, 0) is 35.9 Å². The summed E-state index contributed by atoms with van der Waals surface area (Å²) in [7, 11) is -4.23. The van der Waals surface area contributed by atoms with Crippen LogP contribution in [0.5, 0.6) is 0 Å². The van der Waals surface area contributed by atoms with E-state index in [1.807, 2.05) is 4.72 Å². The fourth-order valence-electron chi connectivity index (χ4n) is 1.93. The first-order valence-electron chi connectivity index (χ1n) is 6.80. The van der Waals surface area contributed by atoms with Crippen LogP contribution in [0, 0.1) is 11.6 Å². The van der Waals surface area contributed by atoms with E-state index in [-0.39, 0.29) is 5.56 Å². The molecule has 2 aromatic rings. The van der Waals surface area contributed by atoms with E-state index in [1.165, 1.54) is 0 Å². The molecule has 0 fully saturated rings. The zero-order chi connectivity index (χ0) is 18.8. The molecule has 0 aromatic heterocycles. The van der Waals surface area contributed by atoms with Gasteiger partial charge >= 0.3 is 6.18 Å². The van der Waals surface area contributed by atoms with Gasteiger partial charge in [-0.1, -0.05) is 12.1 Å². The van der Waals surface area contributed by atoms with Gasteiger partial charge < -0.3 is 5.11 Å². The number of aliphatic hydroxyl groups excluding tert-OH is 1. The van der Waals surface area contributed by atoms with Crippen LogP contribution < -0.4 is 4.72 Å². The number of nitrogens with one attached hydrogen (secondary N) is 1. The lowest BCUT2D eigenvalue weighted by Gasteiger charge is -2.14. The van der Waals surface area contributed by atoms with Crippen LogP contribution in [0.4, 0.5) is 22.0 Å². The van der Waals surface area contributed by atoms with Crippen molar-refractivity contribution in [3.63, 3.8) is 0 Å². The second kappa shape index (κ2) is 7.06. The lowest BCUT2D eigenvalue weighted by molar-refractivity contribution is -0.137. The van der Waals surface area contributed by atoms with Crippen LogP contribution in [-0.2, 0) is 16.2 Å². The molecule has 0 amide bonds. The number of rotatable bonds is 5. The Bertz CT molecular complexity index is 850. The molecule has 0 radical (unpaired) electrons. The molecule has 0 aliphatic heterocycles. The van der Waals surface area contributed by atoms with E-state index < -0.39 is 50.9 Å². The molecule has 1 atom stereocenters. The van der Waals surface area contributed by atoms with Crippen LogP contribution in [0.1, 0.15) is 17.2 Å². The van der Waals surface area contributed by atoms with Gasteiger partial charge in [0.25, 0.3) is 0 Å². The lowest BCUT2D eigenvalue weighted by Crippen LogP contribution is -2.28. The second-order valence-corrected chi connectivity index (χ2v) is 6.83. The number of aliphatic hydroxyl groups is 1. The first kappa shape index (κ1) is 19.3. The van der Waals surface area contributed by atoms with Gasteiger partial charge in [-0.3, -0.25) is 0 Å². The molecular formula is C15H12F5NO3S. The van der Waals surface area contributed by atoms with Gasteiger partial charge in [0.1, 0.15) is 0 Å². The summed E-state index contributed by atoms with van der Waals surface area (Å²) < 4.78 is 89.2. The average molecular weight is 381 g/mol. The van der Waals surface area contributed by atoms with E-state index >= 15 is 0 Å².